The fourth-order valence-electron chi connectivity index (χ4n) is 4.91. The Kier molecular flexibility index (Phi) is 5.66. The summed E-state index contributed by atoms with van der Waals surface area (Å²) in [4.78, 5) is 15.1. The number of halogens is 1. The van der Waals surface area contributed by atoms with Gasteiger partial charge >= 0.3 is 0 Å². The molecule has 0 aliphatic carbocycles. The third-order valence-corrected chi connectivity index (χ3v) is 6.61. The van der Waals surface area contributed by atoms with E-state index < -0.39 is 0 Å². The van der Waals surface area contributed by atoms with Gasteiger partial charge in [0.15, 0.2) is 11.6 Å². The Morgan fingerprint density at radius 3 is 2.64 bits per heavy atom. The van der Waals surface area contributed by atoms with Crippen LogP contribution < -0.4 is 4.74 Å². The van der Waals surface area contributed by atoms with E-state index in [2.05, 4.69) is 5.10 Å². The molecule has 0 unspecified atom stereocenters. The smallest absolute Gasteiger partial charge is 0.253 e. The van der Waals surface area contributed by atoms with Crippen molar-refractivity contribution in [3.05, 3.63) is 77.4 Å². The molecular weight excluding hydrogens is 421 g/mol. The minimum atomic E-state index is -0.360. The van der Waals surface area contributed by atoms with Gasteiger partial charge in [0.1, 0.15) is 6.10 Å². The van der Waals surface area contributed by atoms with Crippen molar-refractivity contribution in [3.8, 4) is 11.4 Å². The van der Waals surface area contributed by atoms with E-state index in [1.165, 1.54) is 6.07 Å². The molecule has 1 aromatic heterocycles. The number of piperidine rings is 1. The summed E-state index contributed by atoms with van der Waals surface area (Å²) in [6.07, 6.45) is 2.01. The third-order valence-electron chi connectivity index (χ3n) is 6.61. The van der Waals surface area contributed by atoms with Crippen LogP contribution >= 0.6 is 0 Å². The maximum atomic E-state index is 13.9. The van der Waals surface area contributed by atoms with Crippen LogP contribution in [0.1, 0.15) is 41.0 Å². The summed E-state index contributed by atoms with van der Waals surface area (Å²) in [6, 6.07) is 16.1. The first-order chi connectivity index (χ1) is 15.9. The molecule has 6 nitrogen and oxygen atoms in total. The van der Waals surface area contributed by atoms with Crippen LogP contribution in [-0.2, 0) is 4.74 Å². The highest BCUT2D eigenvalue weighted by molar-refractivity contribution is 5.94. The molecule has 1 amide bonds. The Balaban J connectivity index is 1.22. The van der Waals surface area contributed by atoms with Gasteiger partial charge in [0.2, 0.25) is 0 Å². The topological polar surface area (TPSA) is 56.6 Å². The standard InChI is InChI=1S/C26H28FN3O3/c1-18-14-19(2)30(28-18)21-7-5-6-20(15-21)25(31)29-12-10-26(11-13-29)16-22(17-32-26)33-24-9-4-3-8-23(24)27/h3-9,14-15,22H,10-13,16-17H2,1-2H3/t22-/m0/s1. The molecule has 172 valence electrons. The van der Waals surface area contributed by atoms with E-state index in [9.17, 15) is 9.18 Å². The normalized spacial score (nSPS) is 19.7. The molecule has 2 fully saturated rings. The second kappa shape index (κ2) is 8.63. The van der Waals surface area contributed by atoms with Crippen LogP contribution in [0.15, 0.2) is 54.6 Å². The van der Waals surface area contributed by atoms with Gasteiger partial charge in [-0.2, -0.15) is 5.10 Å². The fraction of sp³-hybridized carbons (Fsp3) is 0.385. The highest BCUT2D eigenvalue weighted by atomic mass is 19.1. The van der Waals surface area contributed by atoms with Crippen LogP contribution in [0.3, 0.4) is 0 Å². The number of aromatic nitrogens is 2. The average Bonchev–Trinajstić information content (AvgIpc) is 3.37. The number of ether oxygens (including phenoxy) is 2. The molecule has 5 rings (SSSR count). The summed E-state index contributed by atoms with van der Waals surface area (Å²) in [5.74, 6) is -0.0785. The monoisotopic (exact) mass is 449 g/mol. The van der Waals surface area contributed by atoms with Gasteiger partial charge in [0.05, 0.1) is 23.6 Å². The lowest BCUT2D eigenvalue weighted by atomic mass is 9.87. The van der Waals surface area contributed by atoms with Crippen molar-refractivity contribution >= 4 is 5.91 Å². The van der Waals surface area contributed by atoms with Crippen LogP contribution in [0, 0.1) is 19.7 Å². The minimum absolute atomic E-state index is 0.0189. The van der Waals surface area contributed by atoms with E-state index in [0.717, 1.165) is 29.9 Å². The number of para-hydroxylation sites is 1. The lowest BCUT2D eigenvalue weighted by Gasteiger charge is -2.38. The molecule has 7 heteroatoms. The van der Waals surface area contributed by atoms with E-state index >= 15 is 0 Å². The van der Waals surface area contributed by atoms with Crippen LogP contribution in [0.5, 0.6) is 5.75 Å². The van der Waals surface area contributed by atoms with Crippen molar-refractivity contribution < 1.29 is 18.7 Å². The molecule has 0 bridgehead atoms. The molecule has 2 saturated heterocycles. The maximum absolute atomic E-state index is 13.9. The lowest BCUT2D eigenvalue weighted by Crippen LogP contribution is -2.46. The Bertz CT molecular complexity index is 1170. The molecule has 2 aliphatic heterocycles. The van der Waals surface area contributed by atoms with Crippen LogP contribution in [0.4, 0.5) is 4.39 Å². The number of benzene rings is 2. The molecule has 1 atom stereocenters. The van der Waals surface area contributed by atoms with Crippen molar-refractivity contribution in [2.45, 2.75) is 44.8 Å². The summed E-state index contributed by atoms with van der Waals surface area (Å²) in [7, 11) is 0. The largest absolute Gasteiger partial charge is 0.485 e. The van der Waals surface area contributed by atoms with E-state index in [4.69, 9.17) is 9.47 Å². The number of aryl methyl sites for hydroxylation is 2. The van der Waals surface area contributed by atoms with Gasteiger partial charge in [0.25, 0.3) is 5.91 Å². The van der Waals surface area contributed by atoms with Crippen molar-refractivity contribution in [2.24, 2.45) is 0 Å². The molecule has 3 heterocycles. The summed E-state index contributed by atoms with van der Waals surface area (Å²) in [5, 5.41) is 4.52. The zero-order valence-electron chi connectivity index (χ0n) is 19.0. The maximum Gasteiger partial charge on any atom is 0.253 e. The lowest BCUT2D eigenvalue weighted by molar-refractivity contribution is -0.0396. The van der Waals surface area contributed by atoms with E-state index in [1.807, 2.05) is 53.8 Å². The number of carbonyl (C=O) groups excluding carboxylic acids is 1. The summed E-state index contributed by atoms with van der Waals surface area (Å²) < 4.78 is 27.8. The van der Waals surface area contributed by atoms with Gasteiger partial charge in [-0.25, -0.2) is 9.07 Å². The van der Waals surface area contributed by atoms with Gasteiger partial charge < -0.3 is 14.4 Å². The summed E-state index contributed by atoms with van der Waals surface area (Å²) >= 11 is 0. The molecule has 2 aromatic carbocycles. The molecule has 33 heavy (non-hydrogen) atoms. The highest BCUT2D eigenvalue weighted by Crippen LogP contribution is 2.38. The van der Waals surface area contributed by atoms with Gasteiger partial charge in [-0.1, -0.05) is 18.2 Å². The molecule has 0 radical (unpaired) electrons. The Morgan fingerprint density at radius 2 is 1.91 bits per heavy atom. The van der Waals surface area contributed by atoms with Crippen LogP contribution in [0.25, 0.3) is 5.69 Å². The van der Waals surface area contributed by atoms with E-state index in [-0.39, 0.29) is 29.2 Å². The first-order valence-corrected chi connectivity index (χ1v) is 11.4. The van der Waals surface area contributed by atoms with E-state index in [1.54, 1.807) is 18.2 Å². The number of hydrogen-bond acceptors (Lipinski definition) is 4. The quantitative estimate of drug-likeness (QED) is 0.590. The Morgan fingerprint density at radius 1 is 1.12 bits per heavy atom. The van der Waals surface area contributed by atoms with Crippen molar-refractivity contribution in [1.82, 2.24) is 14.7 Å². The molecule has 3 aromatic rings. The number of likely N-dealkylation sites (tertiary alicyclic amines) is 1. The van der Waals surface area contributed by atoms with Crippen molar-refractivity contribution in [1.29, 1.82) is 0 Å². The molecular formula is C26H28FN3O3. The van der Waals surface area contributed by atoms with Gasteiger partial charge in [-0.3, -0.25) is 4.79 Å². The van der Waals surface area contributed by atoms with Gasteiger partial charge in [-0.05, 0) is 63.1 Å². The minimum Gasteiger partial charge on any atom is -0.485 e. The zero-order chi connectivity index (χ0) is 23.0. The van der Waals surface area contributed by atoms with Crippen LogP contribution in [-0.4, -0.2) is 52.0 Å². The Hall–Kier alpha value is -3.19. The predicted octanol–water partition coefficient (Wildman–Crippen LogP) is 4.47. The number of hydrogen-bond donors (Lipinski definition) is 0. The number of nitrogens with zero attached hydrogens (tertiary/aromatic N) is 3. The molecule has 1 spiro atoms. The summed E-state index contributed by atoms with van der Waals surface area (Å²) in [5.41, 5.74) is 3.20. The Labute approximate surface area is 192 Å². The second-order valence-corrected chi connectivity index (χ2v) is 9.05. The third kappa shape index (κ3) is 4.37. The number of carbonyl (C=O) groups is 1. The fourth-order valence-corrected chi connectivity index (χ4v) is 4.91. The number of amides is 1. The first kappa shape index (κ1) is 21.6. The molecule has 0 saturated carbocycles. The zero-order valence-corrected chi connectivity index (χ0v) is 19.0. The predicted molar refractivity (Wildman–Crippen MR) is 122 cm³/mol. The molecule has 0 N–H and O–H groups in total. The highest BCUT2D eigenvalue weighted by Gasteiger charge is 2.44. The van der Waals surface area contributed by atoms with Gasteiger partial charge in [0, 0.05) is 30.8 Å². The number of rotatable bonds is 4. The first-order valence-electron chi connectivity index (χ1n) is 11.4. The van der Waals surface area contributed by atoms with Crippen molar-refractivity contribution in [2.75, 3.05) is 19.7 Å². The van der Waals surface area contributed by atoms with E-state index in [0.29, 0.717) is 31.7 Å². The summed E-state index contributed by atoms with van der Waals surface area (Å²) in [6.45, 7) is 5.64. The SMILES string of the molecule is Cc1cc(C)n(-c2cccc(C(=O)N3CCC4(CC3)C[C@H](Oc3ccccc3F)CO4)c2)n1. The second-order valence-electron chi connectivity index (χ2n) is 9.05. The molecule has 2 aliphatic rings. The van der Waals surface area contributed by atoms with Crippen molar-refractivity contribution in [3.63, 3.8) is 0 Å². The average molecular weight is 450 g/mol. The van der Waals surface area contributed by atoms with Gasteiger partial charge in [-0.15, -0.1) is 0 Å². The van der Waals surface area contributed by atoms with Crippen LogP contribution in [0.2, 0.25) is 0 Å².